The minimum atomic E-state index is 1.03. The zero-order chi connectivity index (χ0) is 27.1. The number of hydrogen-bond acceptors (Lipinski definition) is 3. The summed E-state index contributed by atoms with van der Waals surface area (Å²) in [6.07, 6.45) is 7.93. The number of rotatable bonds is 10. The molecule has 3 aromatic carbocycles. The maximum absolute atomic E-state index is 3.61. The van der Waals surface area contributed by atoms with E-state index in [1.165, 1.54) is 107 Å². The van der Waals surface area contributed by atoms with Crippen molar-refractivity contribution in [3.8, 4) is 21.1 Å². The summed E-state index contributed by atoms with van der Waals surface area (Å²) in [5.41, 5.74) is 3.58. The molecule has 0 saturated heterocycles. The number of fused-ring (bicyclic) bond motifs is 5. The van der Waals surface area contributed by atoms with Gasteiger partial charge >= 0.3 is 0 Å². The van der Waals surface area contributed by atoms with Gasteiger partial charge in [-0.2, -0.15) is 0 Å². The van der Waals surface area contributed by atoms with Crippen molar-refractivity contribution in [3.63, 3.8) is 0 Å². The topological polar surface area (TPSA) is 43.6 Å². The summed E-state index contributed by atoms with van der Waals surface area (Å²) in [5.74, 6) is 1.12. The third-order valence-electron chi connectivity index (χ3n) is 8.00. The van der Waals surface area contributed by atoms with Crippen LogP contribution in [0, 0.1) is 6.92 Å². The molecule has 7 rings (SSSR count). The molecule has 5 heteroatoms. The zero-order valence-corrected chi connectivity index (χ0v) is 24.8. The first kappa shape index (κ1) is 25.4. The molecule has 4 aromatic heterocycles. The Morgan fingerprint density at radius 1 is 0.600 bits per heavy atom. The first-order chi connectivity index (χ1) is 19.6. The molecule has 0 amide bonds. The first-order valence-electron chi connectivity index (χ1n) is 14.6. The van der Waals surface area contributed by atoms with Gasteiger partial charge in [0.25, 0.3) is 0 Å². The molecule has 0 bridgehead atoms. The molecule has 0 aliphatic rings. The Hall–Kier alpha value is -3.54. The Bertz CT molecular complexity index is 1950. The summed E-state index contributed by atoms with van der Waals surface area (Å²) in [7, 11) is 0. The van der Waals surface area contributed by atoms with Gasteiger partial charge in [-0.3, -0.25) is 0 Å². The van der Waals surface area contributed by atoms with E-state index in [9.17, 15) is 0 Å². The lowest BCUT2D eigenvalue weighted by atomic mass is 10.00. The largest absolute Gasteiger partial charge is 0.372 e. The van der Waals surface area contributed by atoms with Crippen molar-refractivity contribution in [3.05, 3.63) is 78.5 Å². The highest BCUT2D eigenvalue weighted by atomic mass is 32.1. The van der Waals surface area contributed by atoms with Crippen LogP contribution in [0.4, 0.5) is 5.82 Å². The second kappa shape index (κ2) is 10.8. The van der Waals surface area contributed by atoms with Gasteiger partial charge in [-0.05, 0) is 106 Å². The van der Waals surface area contributed by atoms with Crippen LogP contribution in [0.3, 0.4) is 0 Å². The SMILES string of the molecule is CCCCCCCCNc1ccc(-c2cc3cc4ccc5cc6cc(-c7ccc(C)[nH]7)sc6cc5c4cc3s2)[nH]1. The third-order valence-corrected chi connectivity index (χ3v) is 10.3. The molecule has 0 fully saturated rings. The summed E-state index contributed by atoms with van der Waals surface area (Å²) in [6, 6.07) is 27.4. The normalized spacial score (nSPS) is 11.9. The van der Waals surface area contributed by atoms with Gasteiger partial charge < -0.3 is 15.3 Å². The van der Waals surface area contributed by atoms with Gasteiger partial charge in [-0.25, -0.2) is 0 Å². The first-order valence-corrected chi connectivity index (χ1v) is 16.2. The summed E-state index contributed by atoms with van der Waals surface area (Å²) in [5, 5.41) is 11.5. The van der Waals surface area contributed by atoms with Crippen molar-refractivity contribution in [2.24, 2.45) is 0 Å². The molecular formula is C35H35N3S2. The molecule has 0 radical (unpaired) electrons. The number of H-pyrrole nitrogens is 2. The van der Waals surface area contributed by atoms with E-state index < -0.39 is 0 Å². The van der Waals surface area contributed by atoms with E-state index >= 15 is 0 Å². The highest BCUT2D eigenvalue weighted by molar-refractivity contribution is 7.22. The quantitative estimate of drug-likeness (QED) is 0.113. The van der Waals surface area contributed by atoms with E-state index in [1.54, 1.807) is 0 Å². The molecule has 0 spiro atoms. The lowest BCUT2D eigenvalue weighted by Crippen LogP contribution is -2.01. The fraction of sp³-hybridized carbons (Fsp3) is 0.257. The molecule has 0 atom stereocenters. The molecule has 0 aliphatic carbocycles. The summed E-state index contributed by atoms with van der Waals surface area (Å²) >= 11 is 3.74. The zero-order valence-electron chi connectivity index (χ0n) is 23.2. The predicted molar refractivity (Wildman–Crippen MR) is 178 cm³/mol. The number of benzene rings is 3. The number of aryl methyl sites for hydroxylation is 1. The standard InChI is InChI=1S/C35H35N3S2/c1-3-4-5-6-7-8-15-36-35-14-13-30(38-35)34-19-26-17-24-11-10-23-16-25-18-33(29-12-9-22(2)37-29)39-31(25)20-27(23)28(24)21-32(26)40-34/h9-14,16-21,36-38H,3-8,15H2,1-2H3. The Kier molecular flexibility index (Phi) is 6.86. The van der Waals surface area contributed by atoms with Crippen LogP contribution in [0.1, 0.15) is 51.1 Å². The van der Waals surface area contributed by atoms with E-state index in [0.29, 0.717) is 0 Å². The minimum Gasteiger partial charge on any atom is -0.372 e. The number of aromatic amines is 2. The summed E-state index contributed by atoms with van der Waals surface area (Å²) in [4.78, 5) is 9.67. The average molecular weight is 562 g/mol. The van der Waals surface area contributed by atoms with Gasteiger partial charge in [0, 0.05) is 21.6 Å². The molecule has 3 nitrogen and oxygen atoms in total. The Morgan fingerprint density at radius 3 is 1.82 bits per heavy atom. The maximum atomic E-state index is 3.61. The van der Waals surface area contributed by atoms with Crippen molar-refractivity contribution < 1.29 is 0 Å². The molecular weight excluding hydrogens is 527 g/mol. The molecule has 3 N–H and O–H groups in total. The molecule has 40 heavy (non-hydrogen) atoms. The second-order valence-corrected chi connectivity index (χ2v) is 13.2. The van der Waals surface area contributed by atoms with Crippen molar-refractivity contribution in [1.82, 2.24) is 9.97 Å². The Balaban J connectivity index is 1.16. The fourth-order valence-corrected chi connectivity index (χ4v) is 7.94. The maximum Gasteiger partial charge on any atom is 0.103 e. The van der Waals surface area contributed by atoms with Crippen LogP contribution in [0.25, 0.3) is 62.9 Å². The van der Waals surface area contributed by atoms with Gasteiger partial charge in [0.05, 0.1) is 21.1 Å². The van der Waals surface area contributed by atoms with Crippen LogP contribution < -0.4 is 5.32 Å². The molecule has 202 valence electrons. The van der Waals surface area contributed by atoms with Crippen LogP contribution in [0.2, 0.25) is 0 Å². The van der Waals surface area contributed by atoms with Crippen molar-refractivity contribution in [1.29, 1.82) is 0 Å². The van der Waals surface area contributed by atoms with E-state index in [-0.39, 0.29) is 0 Å². The van der Waals surface area contributed by atoms with Gasteiger partial charge in [0.1, 0.15) is 5.82 Å². The highest BCUT2D eigenvalue weighted by Gasteiger charge is 2.12. The summed E-state index contributed by atoms with van der Waals surface area (Å²) in [6.45, 7) is 5.41. The molecule has 7 aromatic rings. The van der Waals surface area contributed by atoms with E-state index in [0.717, 1.165) is 12.4 Å². The molecule has 0 saturated carbocycles. The number of nitrogens with one attached hydrogen (secondary N) is 3. The van der Waals surface area contributed by atoms with Crippen LogP contribution >= 0.6 is 22.7 Å². The minimum absolute atomic E-state index is 1.03. The Labute approximate surface area is 243 Å². The second-order valence-electron chi connectivity index (χ2n) is 11.0. The lowest BCUT2D eigenvalue weighted by molar-refractivity contribution is 0.617. The molecule has 0 unspecified atom stereocenters. The van der Waals surface area contributed by atoms with E-state index in [2.05, 4.69) is 102 Å². The fourth-order valence-electron chi connectivity index (χ4n) is 5.81. The van der Waals surface area contributed by atoms with Crippen LogP contribution in [-0.2, 0) is 0 Å². The molecule has 0 aliphatic heterocycles. The number of hydrogen-bond donors (Lipinski definition) is 3. The third kappa shape index (κ3) is 4.93. The van der Waals surface area contributed by atoms with Crippen LogP contribution in [0.5, 0.6) is 0 Å². The highest BCUT2D eigenvalue weighted by Crippen LogP contribution is 2.40. The van der Waals surface area contributed by atoms with Crippen molar-refractivity contribution >= 4 is 70.2 Å². The van der Waals surface area contributed by atoms with Gasteiger partial charge in [-0.15, -0.1) is 22.7 Å². The monoisotopic (exact) mass is 561 g/mol. The van der Waals surface area contributed by atoms with Crippen molar-refractivity contribution in [2.75, 3.05) is 11.9 Å². The van der Waals surface area contributed by atoms with Gasteiger partial charge in [0.15, 0.2) is 0 Å². The predicted octanol–water partition coefficient (Wildman–Crippen LogP) is 11.5. The average Bonchev–Trinajstić information content (AvgIpc) is 3.75. The van der Waals surface area contributed by atoms with Crippen LogP contribution in [-0.4, -0.2) is 16.5 Å². The number of thiophene rings is 2. The van der Waals surface area contributed by atoms with Gasteiger partial charge in [0.2, 0.25) is 0 Å². The van der Waals surface area contributed by atoms with E-state index in [4.69, 9.17) is 0 Å². The number of unbranched alkanes of at least 4 members (excludes halogenated alkanes) is 5. The smallest absolute Gasteiger partial charge is 0.103 e. The van der Waals surface area contributed by atoms with Crippen molar-refractivity contribution in [2.45, 2.75) is 52.4 Å². The molecule has 4 heterocycles. The summed E-state index contributed by atoms with van der Waals surface area (Å²) < 4.78 is 2.67. The number of anilines is 1. The van der Waals surface area contributed by atoms with Crippen LogP contribution in [0.15, 0.2) is 72.8 Å². The lowest BCUT2D eigenvalue weighted by Gasteiger charge is -2.05. The number of aromatic nitrogens is 2. The van der Waals surface area contributed by atoms with E-state index in [1.807, 2.05) is 22.7 Å². The Morgan fingerprint density at radius 2 is 1.20 bits per heavy atom. The van der Waals surface area contributed by atoms with Gasteiger partial charge in [-0.1, -0.05) is 51.2 Å².